The lowest BCUT2D eigenvalue weighted by atomic mass is 10.1. The Hall–Kier alpha value is -2.80. The minimum atomic E-state index is -0.0334. The number of benzene rings is 2. The molecule has 0 unspecified atom stereocenters. The van der Waals surface area contributed by atoms with Crippen LogP contribution < -0.4 is 9.80 Å². The number of carbonyl (C=O) groups excluding carboxylic acids is 1. The second-order valence-electron chi connectivity index (χ2n) is 4.70. The summed E-state index contributed by atoms with van der Waals surface area (Å²) in [4.78, 5) is 16.0. The van der Waals surface area contributed by atoms with Gasteiger partial charge in [-0.1, -0.05) is 24.3 Å². The van der Waals surface area contributed by atoms with Crippen molar-refractivity contribution in [1.29, 1.82) is 5.26 Å². The van der Waals surface area contributed by atoms with E-state index in [0.717, 1.165) is 11.4 Å². The molecule has 0 aromatic heterocycles. The van der Waals surface area contributed by atoms with E-state index in [-0.39, 0.29) is 5.91 Å². The Kier molecular flexibility index (Phi) is 2.88. The van der Waals surface area contributed by atoms with Crippen molar-refractivity contribution in [3.63, 3.8) is 0 Å². The monoisotopic (exact) mass is 263 g/mol. The molecule has 1 aliphatic heterocycles. The van der Waals surface area contributed by atoms with Gasteiger partial charge < -0.3 is 4.90 Å². The summed E-state index contributed by atoms with van der Waals surface area (Å²) < 4.78 is 0. The van der Waals surface area contributed by atoms with Crippen LogP contribution in [0.3, 0.4) is 0 Å². The second kappa shape index (κ2) is 4.71. The molecule has 0 radical (unpaired) electrons. The van der Waals surface area contributed by atoms with Crippen molar-refractivity contribution >= 4 is 23.0 Å². The van der Waals surface area contributed by atoms with Gasteiger partial charge in [0, 0.05) is 7.05 Å². The number of carbonyl (C=O) groups is 1. The molecule has 2 aromatic rings. The minimum Gasteiger partial charge on any atom is -0.364 e. The molecule has 4 nitrogen and oxygen atoms in total. The lowest BCUT2D eigenvalue weighted by molar-refractivity contribution is -0.116. The molecule has 0 bridgehead atoms. The van der Waals surface area contributed by atoms with Gasteiger partial charge in [0.25, 0.3) is 5.91 Å². The smallest absolute Gasteiger partial charge is 0.251 e. The van der Waals surface area contributed by atoms with E-state index in [9.17, 15) is 10.1 Å². The van der Waals surface area contributed by atoms with E-state index in [0.29, 0.717) is 17.8 Å². The van der Waals surface area contributed by atoms with Gasteiger partial charge in [0.15, 0.2) is 0 Å². The number of anilines is 3. The summed E-state index contributed by atoms with van der Waals surface area (Å²) in [5, 5.41) is 9.24. The molecule has 1 aliphatic rings. The van der Waals surface area contributed by atoms with Gasteiger partial charge in [-0.05, 0) is 24.3 Å². The van der Waals surface area contributed by atoms with Crippen molar-refractivity contribution in [1.82, 2.24) is 0 Å². The van der Waals surface area contributed by atoms with Crippen LogP contribution in [0.5, 0.6) is 0 Å². The molecule has 4 heteroatoms. The number of nitrogens with zero attached hydrogens (tertiary/aromatic N) is 3. The fourth-order valence-corrected chi connectivity index (χ4v) is 2.50. The summed E-state index contributed by atoms with van der Waals surface area (Å²) in [7, 11) is 1.89. The average Bonchev–Trinajstić information content (AvgIpc) is 2.48. The third-order valence-corrected chi connectivity index (χ3v) is 3.42. The van der Waals surface area contributed by atoms with E-state index in [4.69, 9.17) is 0 Å². The first-order valence-corrected chi connectivity index (χ1v) is 6.34. The third kappa shape index (κ3) is 1.81. The van der Waals surface area contributed by atoms with Crippen LogP contribution in [-0.2, 0) is 4.79 Å². The lowest BCUT2D eigenvalue weighted by Gasteiger charge is -2.35. The van der Waals surface area contributed by atoms with E-state index >= 15 is 0 Å². The highest BCUT2D eigenvalue weighted by Gasteiger charge is 2.29. The molecule has 1 amide bonds. The Labute approximate surface area is 117 Å². The molecule has 0 spiro atoms. The third-order valence-electron chi connectivity index (χ3n) is 3.42. The molecule has 98 valence electrons. The highest BCUT2D eigenvalue weighted by molar-refractivity contribution is 6.09. The molecule has 3 rings (SSSR count). The standard InChI is InChI=1S/C16H13N3O/c1-18-11-16(20)19(15-9-5-4-8-14(15)18)13-7-3-2-6-12(13)10-17/h2-9H,11H2,1H3. The van der Waals surface area contributed by atoms with Gasteiger partial charge >= 0.3 is 0 Å². The number of rotatable bonds is 1. The van der Waals surface area contributed by atoms with Crippen molar-refractivity contribution in [3.05, 3.63) is 54.1 Å². The maximum absolute atomic E-state index is 12.4. The number of likely N-dealkylation sites (N-methyl/N-ethyl adjacent to an activating group) is 1. The maximum Gasteiger partial charge on any atom is 0.251 e. The Morgan fingerprint density at radius 1 is 1.00 bits per heavy atom. The highest BCUT2D eigenvalue weighted by atomic mass is 16.2. The number of para-hydroxylation sites is 3. The summed E-state index contributed by atoms with van der Waals surface area (Å²) in [5.74, 6) is -0.0334. The molecule has 1 heterocycles. The zero-order valence-electron chi connectivity index (χ0n) is 11.1. The maximum atomic E-state index is 12.4. The Morgan fingerprint density at radius 2 is 1.60 bits per heavy atom. The Morgan fingerprint density at radius 3 is 2.30 bits per heavy atom. The van der Waals surface area contributed by atoms with Gasteiger partial charge in [0.05, 0.1) is 29.2 Å². The molecule has 20 heavy (non-hydrogen) atoms. The van der Waals surface area contributed by atoms with E-state index < -0.39 is 0 Å². The summed E-state index contributed by atoms with van der Waals surface area (Å²) in [6.45, 7) is 0.302. The SMILES string of the molecule is CN1CC(=O)N(c2ccccc2C#N)c2ccccc21. The zero-order valence-corrected chi connectivity index (χ0v) is 11.1. The van der Waals surface area contributed by atoms with Gasteiger partial charge in [-0.25, -0.2) is 0 Å². The number of hydrogen-bond acceptors (Lipinski definition) is 3. The fraction of sp³-hybridized carbons (Fsp3) is 0.125. The predicted octanol–water partition coefficient (Wildman–Crippen LogP) is 2.67. The van der Waals surface area contributed by atoms with E-state index in [1.54, 1.807) is 23.1 Å². The largest absolute Gasteiger partial charge is 0.364 e. The molecule has 0 saturated carbocycles. The van der Waals surface area contributed by atoms with E-state index in [2.05, 4.69) is 6.07 Å². The molecule has 0 saturated heterocycles. The topological polar surface area (TPSA) is 47.3 Å². The summed E-state index contributed by atoms with van der Waals surface area (Å²) in [5.41, 5.74) is 2.94. The van der Waals surface area contributed by atoms with Crippen molar-refractivity contribution in [2.24, 2.45) is 0 Å². The summed E-state index contributed by atoms with van der Waals surface area (Å²) in [6, 6.07) is 17.0. The zero-order chi connectivity index (χ0) is 14.1. The van der Waals surface area contributed by atoms with Crippen molar-refractivity contribution in [2.45, 2.75) is 0 Å². The van der Waals surface area contributed by atoms with Crippen molar-refractivity contribution < 1.29 is 4.79 Å². The quantitative estimate of drug-likeness (QED) is 0.794. The number of fused-ring (bicyclic) bond motifs is 1. The van der Waals surface area contributed by atoms with Crippen LogP contribution in [-0.4, -0.2) is 19.5 Å². The van der Waals surface area contributed by atoms with Gasteiger partial charge in [-0.3, -0.25) is 9.69 Å². The van der Waals surface area contributed by atoms with Crippen LogP contribution in [0.2, 0.25) is 0 Å². The van der Waals surface area contributed by atoms with Crippen LogP contribution in [0.4, 0.5) is 17.1 Å². The van der Waals surface area contributed by atoms with Crippen LogP contribution in [0.1, 0.15) is 5.56 Å². The number of amides is 1. The van der Waals surface area contributed by atoms with E-state index in [1.165, 1.54) is 0 Å². The molecule has 0 aliphatic carbocycles. The van der Waals surface area contributed by atoms with Gasteiger partial charge in [-0.15, -0.1) is 0 Å². The first-order chi connectivity index (χ1) is 9.72. The Balaban J connectivity index is 2.21. The first kappa shape index (κ1) is 12.2. The van der Waals surface area contributed by atoms with Gasteiger partial charge in [0.2, 0.25) is 0 Å². The number of hydrogen-bond donors (Lipinski definition) is 0. The second-order valence-corrected chi connectivity index (χ2v) is 4.70. The predicted molar refractivity (Wildman–Crippen MR) is 78.0 cm³/mol. The minimum absolute atomic E-state index is 0.0334. The van der Waals surface area contributed by atoms with Crippen molar-refractivity contribution in [2.75, 3.05) is 23.4 Å². The van der Waals surface area contributed by atoms with E-state index in [1.807, 2.05) is 42.3 Å². The molecule has 2 aromatic carbocycles. The summed E-state index contributed by atoms with van der Waals surface area (Å²) in [6.07, 6.45) is 0. The molecular weight excluding hydrogens is 250 g/mol. The lowest BCUT2D eigenvalue weighted by Crippen LogP contribution is -2.41. The van der Waals surface area contributed by atoms with Crippen LogP contribution in [0.25, 0.3) is 0 Å². The first-order valence-electron chi connectivity index (χ1n) is 6.34. The Bertz CT molecular complexity index is 718. The van der Waals surface area contributed by atoms with Gasteiger partial charge in [0.1, 0.15) is 6.07 Å². The molecule has 0 fully saturated rings. The van der Waals surface area contributed by atoms with Crippen LogP contribution >= 0.6 is 0 Å². The van der Waals surface area contributed by atoms with Crippen LogP contribution in [0.15, 0.2) is 48.5 Å². The van der Waals surface area contributed by atoms with Gasteiger partial charge in [-0.2, -0.15) is 5.26 Å². The normalized spacial score (nSPS) is 13.9. The molecular formula is C16H13N3O. The molecule has 0 atom stereocenters. The van der Waals surface area contributed by atoms with Crippen molar-refractivity contribution in [3.8, 4) is 6.07 Å². The fourth-order valence-electron chi connectivity index (χ4n) is 2.50. The average molecular weight is 263 g/mol. The summed E-state index contributed by atoms with van der Waals surface area (Å²) >= 11 is 0. The molecule has 0 N–H and O–H groups in total. The number of nitriles is 1. The van der Waals surface area contributed by atoms with Crippen LogP contribution in [0, 0.1) is 11.3 Å². The highest BCUT2D eigenvalue weighted by Crippen LogP contribution is 2.38.